The average molecular weight is 351 g/mol. The van der Waals surface area contributed by atoms with Crippen LogP contribution in [0.5, 0.6) is 0 Å². The van der Waals surface area contributed by atoms with Gasteiger partial charge in [0.2, 0.25) is 0 Å². The van der Waals surface area contributed by atoms with Crippen LogP contribution < -0.4 is 10.6 Å². The van der Waals surface area contributed by atoms with Gasteiger partial charge in [-0.25, -0.2) is 14.4 Å². The highest BCUT2D eigenvalue weighted by atomic mass is 35.5. The van der Waals surface area contributed by atoms with Crippen molar-refractivity contribution in [3.8, 4) is 11.4 Å². The van der Waals surface area contributed by atoms with Crippen LogP contribution in [0.1, 0.15) is 23.2 Å². The van der Waals surface area contributed by atoms with Crippen LogP contribution in [0.2, 0.25) is 0 Å². The quantitative estimate of drug-likeness (QED) is 0.888. The summed E-state index contributed by atoms with van der Waals surface area (Å²) in [5.74, 6) is 0.355. The van der Waals surface area contributed by atoms with Crippen molar-refractivity contribution >= 4 is 18.3 Å². The molecule has 5 nitrogen and oxygen atoms in total. The SMILES string of the molecule is Cl.O=C(NCC1CCCNC1)c1cnc(-c2cccc(F)c2)nc1. The summed E-state index contributed by atoms with van der Waals surface area (Å²) < 4.78 is 13.2. The molecule has 1 aromatic heterocycles. The molecule has 1 aliphatic rings. The molecule has 2 N–H and O–H groups in total. The lowest BCUT2D eigenvalue weighted by Gasteiger charge is -2.22. The molecule has 1 aliphatic heterocycles. The molecule has 1 fully saturated rings. The van der Waals surface area contributed by atoms with Gasteiger partial charge < -0.3 is 10.6 Å². The van der Waals surface area contributed by atoms with E-state index in [0.717, 1.165) is 25.9 Å². The number of amides is 1. The molecule has 0 aliphatic carbocycles. The molecule has 1 saturated heterocycles. The van der Waals surface area contributed by atoms with Crippen molar-refractivity contribution in [1.82, 2.24) is 20.6 Å². The van der Waals surface area contributed by atoms with Crippen molar-refractivity contribution < 1.29 is 9.18 Å². The van der Waals surface area contributed by atoms with Crippen LogP contribution in [-0.4, -0.2) is 35.5 Å². The summed E-state index contributed by atoms with van der Waals surface area (Å²) in [5.41, 5.74) is 0.999. The van der Waals surface area contributed by atoms with Gasteiger partial charge in [-0.3, -0.25) is 4.79 Å². The number of carbonyl (C=O) groups is 1. The number of nitrogens with zero attached hydrogens (tertiary/aromatic N) is 2. The second kappa shape index (κ2) is 8.70. The standard InChI is InChI=1S/C17H19FN4O.ClH/c18-15-5-1-4-13(7-15)16-20-10-14(11-21-16)17(23)22-9-12-3-2-6-19-8-12;/h1,4-5,7,10-12,19H,2-3,6,8-9H2,(H,22,23);1H. The fourth-order valence-electron chi connectivity index (χ4n) is 2.66. The summed E-state index contributed by atoms with van der Waals surface area (Å²) in [6.45, 7) is 2.65. The Morgan fingerprint density at radius 3 is 2.79 bits per heavy atom. The fourth-order valence-corrected chi connectivity index (χ4v) is 2.66. The Kier molecular flexibility index (Phi) is 6.63. The minimum atomic E-state index is -0.339. The predicted molar refractivity (Wildman–Crippen MR) is 92.6 cm³/mol. The van der Waals surface area contributed by atoms with Gasteiger partial charge in [-0.05, 0) is 44.0 Å². The van der Waals surface area contributed by atoms with Gasteiger partial charge in [0.1, 0.15) is 5.82 Å². The van der Waals surface area contributed by atoms with E-state index in [1.165, 1.54) is 24.5 Å². The first-order valence-corrected chi connectivity index (χ1v) is 7.79. The number of aromatic nitrogens is 2. The van der Waals surface area contributed by atoms with Crippen molar-refractivity contribution in [1.29, 1.82) is 0 Å². The zero-order valence-electron chi connectivity index (χ0n) is 13.2. The fraction of sp³-hybridized carbons (Fsp3) is 0.353. The zero-order valence-corrected chi connectivity index (χ0v) is 14.0. The molecule has 1 unspecified atom stereocenters. The molecule has 0 saturated carbocycles. The van der Waals surface area contributed by atoms with Gasteiger partial charge in [0, 0.05) is 24.5 Å². The second-order valence-corrected chi connectivity index (χ2v) is 5.73. The monoisotopic (exact) mass is 350 g/mol. The molecule has 0 spiro atoms. The zero-order chi connectivity index (χ0) is 16.1. The first-order valence-electron chi connectivity index (χ1n) is 7.79. The highest BCUT2D eigenvalue weighted by molar-refractivity contribution is 5.93. The van der Waals surface area contributed by atoms with E-state index in [4.69, 9.17) is 0 Å². The number of hydrogen-bond acceptors (Lipinski definition) is 4. The number of benzene rings is 1. The molecule has 1 amide bonds. The van der Waals surface area contributed by atoms with Crippen LogP contribution in [0, 0.1) is 11.7 Å². The van der Waals surface area contributed by atoms with Crippen molar-refractivity contribution in [3.63, 3.8) is 0 Å². The predicted octanol–water partition coefficient (Wildman–Crippen LogP) is 2.43. The van der Waals surface area contributed by atoms with Crippen molar-refractivity contribution in [2.45, 2.75) is 12.8 Å². The molecule has 3 rings (SSSR count). The Bertz CT molecular complexity index is 675. The Morgan fingerprint density at radius 1 is 1.33 bits per heavy atom. The smallest absolute Gasteiger partial charge is 0.254 e. The molecule has 128 valence electrons. The lowest BCUT2D eigenvalue weighted by atomic mass is 10.00. The first kappa shape index (κ1) is 18.3. The van der Waals surface area contributed by atoms with Gasteiger partial charge in [0.15, 0.2) is 5.82 Å². The lowest BCUT2D eigenvalue weighted by molar-refractivity contribution is 0.0944. The third-order valence-electron chi connectivity index (χ3n) is 3.95. The summed E-state index contributed by atoms with van der Waals surface area (Å²) in [6, 6.07) is 6.07. The topological polar surface area (TPSA) is 66.9 Å². The Morgan fingerprint density at radius 2 is 2.12 bits per heavy atom. The second-order valence-electron chi connectivity index (χ2n) is 5.73. The molecular formula is C17H20ClFN4O. The van der Waals surface area contributed by atoms with E-state index in [9.17, 15) is 9.18 Å². The third kappa shape index (κ3) is 4.72. The maximum absolute atomic E-state index is 13.2. The van der Waals surface area contributed by atoms with E-state index in [1.807, 2.05) is 0 Å². The van der Waals surface area contributed by atoms with Crippen LogP contribution >= 0.6 is 12.4 Å². The molecule has 0 bridgehead atoms. The van der Waals surface area contributed by atoms with E-state index in [0.29, 0.717) is 29.4 Å². The minimum Gasteiger partial charge on any atom is -0.352 e. The average Bonchev–Trinajstić information content (AvgIpc) is 2.61. The molecule has 2 aromatic rings. The number of piperidine rings is 1. The lowest BCUT2D eigenvalue weighted by Crippen LogP contribution is -2.38. The van der Waals surface area contributed by atoms with Gasteiger partial charge in [-0.1, -0.05) is 12.1 Å². The summed E-state index contributed by atoms with van der Waals surface area (Å²) in [4.78, 5) is 20.4. The normalized spacial score (nSPS) is 17.0. The molecule has 0 radical (unpaired) electrons. The van der Waals surface area contributed by atoms with Gasteiger partial charge in [-0.2, -0.15) is 0 Å². The van der Waals surface area contributed by atoms with Gasteiger partial charge in [-0.15, -0.1) is 12.4 Å². The molecule has 1 atom stereocenters. The van der Waals surface area contributed by atoms with E-state index in [1.54, 1.807) is 12.1 Å². The Labute approximate surface area is 146 Å². The van der Waals surface area contributed by atoms with Crippen LogP contribution in [0.4, 0.5) is 4.39 Å². The van der Waals surface area contributed by atoms with Crippen molar-refractivity contribution in [2.75, 3.05) is 19.6 Å². The Hall–Kier alpha value is -2.05. The molecular weight excluding hydrogens is 331 g/mol. The van der Waals surface area contributed by atoms with E-state index >= 15 is 0 Å². The summed E-state index contributed by atoms with van der Waals surface area (Å²) in [5, 5.41) is 6.24. The highest BCUT2D eigenvalue weighted by Crippen LogP contribution is 2.15. The number of carbonyl (C=O) groups excluding carboxylic acids is 1. The molecule has 1 aromatic carbocycles. The van der Waals surface area contributed by atoms with E-state index < -0.39 is 0 Å². The van der Waals surface area contributed by atoms with Crippen LogP contribution in [0.25, 0.3) is 11.4 Å². The van der Waals surface area contributed by atoms with Crippen LogP contribution in [0.15, 0.2) is 36.7 Å². The van der Waals surface area contributed by atoms with Gasteiger partial charge in [0.05, 0.1) is 5.56 Å². The summed E-state index contributed by atoms with van der Waals surface area (Å²) >= 11 is 0. The Balaban J connectivity index is 0.00000208. The van der Waals surface area contributed by atoms with E-state index in [2.05, 4.69) is 20.6 Å². The van der Waals surface area contributed by atoms with E-state index in [-0.39, 0.29) is 24.1 Å². The summed E-state index contributed by atoms with van der Waals surface area (Å²) in [6.07, 6.45) is 5.22. The first-order chi connectivity index (χ1) is 11.2. The molecule has 24 heavy (non-hydrogen) atoms. The van der Waals surface area contributed by atoms with Gasteiger partial charge >= 0.3 is 0 Å². The number of rotatable bonds is 4. The highest BCUT2D eigenvalue weighted by Gasteiger charge is 2.15. The molecule has 2 heterocycles. The van der Waals surface area contributed by atoms with Crippen molar-refractivity contribution in [3.05, 3.63) is 48.0 Å². The largest absolute Gasteiger partial charge is 0.352 e. The molecule has 7 heteroatoms. The number of hydrogen-bond donors (Lipinski definition) is 2. The summed E-state index contributed by atoms with van der Waals surface area (Å²) in [7, 11) is 0. The van der Waals surface area contributed by atoms with Crippen LogP contribution in [-0.2, 0) is 0 Å². The third-order valence-corrected chi connectivity index (χ3v) is 3.95. The van der Waals surface area contributed by atoms with Gasteiger partial charge in [0.25, 0.3) is 5.91 Å². The number of nitrogens with one attached hydrogen (secondary N) is 2. The maximum atomic E-state index is 13.2. The van der Waals surface area contributed by atoms with Crippen LogP contribution in [0.3, 0.4) is 0 Å². The minimum absolute atomic E-state index is 0. The number of halogens is 2. The maximum Gasteiger partial charge on any atom is 0.254 e. The van der Waals surface area contributed by atoms with Crippen molar-refractivity contribution in [2.24, 2.45) is 5.92 Å².